The number of urea groups is 1. The monoisotopic (exact) mass is 307 g/mol. The molecule has 88 valence electrons. The molecule has 1 aromatic rings. The summed E-state index contributed by atoms with van der Waals surface area (Å²) in [6.45, 7) is 0.166. The summed E-state index contributed by atoms with van der Waals surface area (Å²) in [4.78, 5) is 16.8. The fraction of sp³-hybridized carbons (Fsp3) is 0.333. The van der Waals surface area contributed by atoms with Crippen molar-refractivity contribution in [3.8, 4) is 0 Å². The van der Waals surface area contributed by atoms with Gasteiger partial charge < -0.3 is 15.3 Å². The molecule has 0 bridgehead atoms. The highest BCUT2D eigenvalue weighted by Gasteiger charge is 2.11. The van der Waals surface area contributed by atoms with Gasteiger partial charge in [-0.2, -0.15) is 0 Å². The average Bonchev–Trinajstić information content (AvgIpc) is 2.25. The number of aliphatic hydroxyl groups excluding tert-OH is 1. The number of pyridine rings is 1. The number of halogens is 2. The van der Waals surface area contributed by atoms with Crippen LogP contribution in [0.3, 0.4) is 0 Å². The number of hydrogen-bond donors (Lipinski definition) is 2. The Morgan fingerprint density at radius 1 is 1.69 bits per heavy atom. The summed E-state index contributed by atoms with van der Waals surface area (Å²) in [6, 6.07) is -0.351. The molecule has 0 atom stereocenters. The maximum absolute atomic E-state index is 11.6. The number of aliphatic hydroxyl groups is 1. The Hall–Kier alpha value is -0.850. The summed E-state index contributed by atoms with van der Waals surface area (Å²) < 4.78 is 0.608. The third-order valence-electron chi connectivity index (χ3n) is 1.86. The predicted octanol–water partition coefficient (Wildman–Crippen LogP) is 1.95. The standard InChI is InChI=1S/C9H11BrClN3O2/c1-14(2-3-15)9(16)13-7-5-12-4-6(10)8(7)11/h4-5,15H,2-3H2,1H3,(H,13,16). The van der Waals surface area contributed by atoms with E-state index in [-0.39, 0.29) is 19.2 Å². The van der Waals surface area contributed by atoms with E-state index >= 15 is 0 Å². The third kappa shape index (κ3) is 3.33. The van der Waals surface area contributed by atoms with Gasteiger partial charge in [-0.1, -0.05) is 11.6 Å². The van der Waals surface area contributed by atoms with Gasteiger partial charge in [0, 0.05) is 19.8 Å². The van der Waals surface area contributed by atoms with Crippen molar-refractivity contribution in [1.82, 2.24) is 9.88 Å². The average molecular weight is 309 g/mol. The predicted molar refractivity (Wildman–Crippen MR) is 65.7 cm³/mol. The van der Waals surface area contributed by atoms with Crippen molar-refractivity contribution in [2.24, 2.45) is 0 Å². The molecular formula is C9H11BrClN3O2. The molecule has 0 saturated heterocycles. The molecule has 1 heterocycles. The van der Waals surface area contributed by atoms with E-state index in [0.717, 1.165) is 0 Å². The second kappa shape index (κ2) is 6.03. The molecule has 0 spiro atoms. The second-order valence-corrected chi connectivity index (χ2v) is 4.29. The van der Waals surface area contributed by atoms with Crippen LogP contribution in [-0.4, -0.2) is 41.2 Å². The van der Waals surface area contributed by atoms with Gasteiger partial charge in [0.15, 0.2) is 0 Å². The SMILES string of the molecule is CN(CCO)C(=O)Nc1cncc(Br)c1Cl. The lowest BCUT2D eigenvalue weighted by Crippen LogP contribution is -2.33. The number of amides is 2. The van der Waals surface area contributed by atoms with Gasteiger partial charge in [-0.3, -0.25) is 4.98 Å². The van der Waals surface area contributed by atoms with Crippen LogP contribution in [0.4, 0.5) is 10.5 Å². The van der Waals surface area contributed by atoms with Crippen LogP contribution >= 0.6 is 27.5 Å². The zero-order valence-electron chi connectivity index (χ0n) is 8.57. The fourth-order valence-electron chi connectivity index (χ4n) is 0.969. The summed E-state index contributed by atoms with van der Waals surface area (Å²) in [6.07, 6.45) is 2.99. The molecule has 7 heteroatoms. The van der Waals surface area contributed by atoms with Gasteiger partial charge in [-0.15, -0.1) is 0 Å². The number of anilines is 1. The molecular weight excluding hydrogens is 297 g/mol. The molecule has 16 heavy (non-hydrogen) atoms. The molecule has 0 fully saturated rings. The largest absolute Gasteiger partial charge is 0.395 e. The lowest BCUT2D eigenvalue weighted by molar-refractivity contribution is 0.202. The van der Waals surface area contributed by atoms with E-state index in [4.69, 9.17) is 16.7 Å². The molecule has 1 aromatic heterocycles. The first-order valence-electron chi connectivity index (χ1n) is 4.48. The van der Waals surface area contributed by atoms with E-state index in [1.54, 1.807) is 7.05 Å². The maximum atomic E-state index is 11.6. The third-order valence-corrected chi connectivity index (χ3v) is 3.10. The van der Waals surface area contributed by atoms with Gasteiger partial charge in [0.05, 0.1) is 28.0 Å². The Bertz CT molecular complexity index is 389. The number of aromatic nitrogens is 1. The molecule has 0 unspecified atom stereocenters. The number of carbonyl (C=O) groups is 1. The topological polar surface area (TPSA) is 65.5 Å². The van der Waals surface area contributed by atoms with Crippen molar-refractivity contribution in [2.75, 3.05) is 25.5 Å². The molecule has 5 nitrogen and oxygen atoms in total. The number of nitrogens with one attached hydrogen (secondary N) is 1. The van der Waals surface area contributed by atoms with E-state index in [2.05, 4.69) is 26.2 Å². The van der Waals surface area contributed by atoms with Crippen molar-refractivity contribution in [3.05, 3.63) is 21.9 Å². The molecule has 0 aromatic carbocycles. The molecule has 0 aliphatic heterocycles. The minimum absolute atomic E-state index is 0.0889. The Morgan fingerprint density at radius 2 is 2.38 bits per heavy atom. The van der Waals surface area contributed by atoms with Crippen LogP contribution in [0.15, 0.2) is 16.9 Å². The second-order valence-electron chi connectivity index (χ2n) is 3.06. The Labute approximate surface area is 107 Å². The van der Waals surface area contributed by atoms with Crippen LogP contribution < -0.4 is 5.32 Å². The number of nitrogens with zero attached hydrogens (tertiary/aromatic N) is 2. The molecule has 0 aliphatic rings. The van der Waals surface area contributed by atoms with Gasteiger partial charge in [-0.25, -0.2) is 4.79 Å². The number of carbonyl (C=O) groups excluding carboxylic acids is 1. The highest BCUT2D eigenvalue weighted by atomic mass is 79.9. The van der Waals surface area contributed by atoms with Gasteiger partial charge >= 0.3 is 6.03 Å². The molecule has 0 saturated carbocycles. The van der Waals surface area contributed by atoms with Crippen LogP contribution in [0.25, 0.3) is 0 Å². The highest BCUT2D eigenvalue weighted by molar-refractivity contribution is 9.10. The summed E-state index contributed by atoms with van der Waals surface area (Å²) in [5.41, 5.74) is 0.422. The van der Waals surface area contributed by atoms with E-state index in [1.165, 1.54) is 17.3 Å². The number of hydrogen-bond acceptors (Lipinski definition) is 3. The smallest absolute Gasteiger partial charge is 0.321 e. The van der Waals surface area contributed by atoms with Crippen LogP contribution in [0.2, 0.25) is 5.02 Å². The number of rotatable bonds is 3. The van der Waals surface area contributed by atoms with Gasteiger partial charge in [0.25, 0.3) is 0 Å². The van der Waals surface area contributed by atoms with Gasteiger partial charge in [0.2, 0.25) is 0 Å². The Balaban J connectivity index is 2.73. The van der Waals surface area contributed by atoms with Crippen LogP contribution in [0.5, 0.6) is 0 Å². The molecule has 2 N–H and O–H groups in total. The van der Waals surface area contributed by atoms with E-state index in [0.29, 0.717) is 15.2 Å². The molecule has 0 aliphatic carbocycles. The van der Waals surface area contributed by atoms with Crippen molar-refractivity contribution in [3.63, 3.8) is 0 Å². The normalized spacial score (nSPS) is 10.0. The molecule has 2 amide bonds. The maximum Gasteiger partial charge on any atom is 0.321 e. The van der Waals surface area contributed by atoms with Crippen LogP contribution in [0, 0.1) is 0 Å². The zero-order valence-corrected chi connectivity index (χ0v) is 10.9. The van der Waals surface area contributed by atoms with Crippen molar-refractivity contribution in [2.45, 2.75) is 0 Å². The van der Waals surface area contributed by atoms with Crippen molar-refractivity contribution < 1.29 is 9.90 Å². The lowest BCUT2D eigenvalue weighted by Gasteiger charge is -2.17. The van der Waals surface area contributed by atoms with Crippen LogP contribution in [0.1, 0.15) is 0 Å². The van der Waals surface area contributed by atoms with E-state index in [1.807, 2.05) is 0 Å². The summed E-state index contributed by atoms with van der Waals surface area (Å²) in [5.74, 6) is 0. The Morgan fingerprint density at radius 3 is 3.00 bits per heavy atom. The highest BCUT2D eigenvalue weighted by Crippen LogP contribution is 2.28. The van der Waals surface area contributed by atoms with Crippen molar-refractivity contribution >= 4 is 39.2 Å². The first-order chi connectivity index (χ1) is 7.56. The molecule has 0 radical (unpaired) electrons. The Kier molecular flexibility index (Phi) is 4.98. The van der Waals surface area contributed by atoms with E-state index in [9.17, 15) is 4.79 Å². The lowest BCUT2D eigenvalue weighted by atomic mass is 10.4. The summed E-state index contributed by atoms with van der Waals surface area (Å²) in [5, 5.41) is 11.7. The fourth-order valence-corrected chi connectivity index (χ4v) is 1.45. The van der Waals surface area contributed by atoms with Crippen LogP contribution in [-0.2, 0) is 0 Å². The summed E-state index contributed by atoms with van der Waals surface area (Å²) in [7, 11) is 1.57. The summed E-state index contributed by atoms with van der Waals surface area (Å²) >= 11 is 9.15. The molecule has 1 rings (SSSR count). The quantitative estimate of drug-likeness (QED) is 0.897. The van der Waals surface area contributed by atoms with Gasteiger partial charge in [0.1, 0.15) is 0 Å². The van der Waals surface area contributed by atoms with Crippen molar-refractivity contribution in [1.29, 1.82) is 0 Å². The number of likely N-dealkylation sites (N-methyl/N-ethyl adjacent to an activating group) is 1. The van der Waals surface area contributed by atoms with E-state index < -0.39 is 0 Å². The zero-order chi connectivity index (χ0) is 12.1. The minimum Gasteiger partial charge on any atom is -0.395 e. The minimum atomic E-state index is -0.351. The first kappa shape index (κ1) is 13.2. The van der Waals surface area contributed by atoms with Gasteiger partial charge in [-0.05, 0) is 15.9 Å². The first-order valence-corrected chi connectivity index (χ1v) is 5.65.